The van der Waals surface area contributed by atoms with Gasteiger partial charge in [-0.2, -0.15) is 0 Å². The van der Waals surface area contributed by atoms with E-state index in [4.69, 9.17) is 4.74 Å². The quantitative estimate of drug-likeness (QED) is 0.650. The van der Waals surface area contributed by atoms with Crippen LogP contribution in [0.25, 0.3) is 0 Å². The van der Waals surface area contributed by atoms with Crippen molar-refractivity contribution in [1.82, 2.24) is 15.3 Å². The van der Waals surface area contributed by atoms with Crippen molar-refractivity contribution in [3.63, 3.8) is 0 Å². The summed E-state index contributed by atoms with van der Waals surface area (Å²) in [7, 11) is 0. The lowest BCUT2D eigenvalue weighted by atomic mass is 9.93. The fourth-order valence-electron chi connectivity index (χ4n) is 3.38. The van der Waals surface area contributed by atoms with Crippen LogP contribution in [-0.4, -0.2) is 58.2 Å². The van der Waals surface area contributed by atoms with Gasteiger partial charge >= 0.3 is 0 Å². The first-order chi connectivity index (χ1) is 13.6. The van der Waals surface area contributed by atoms with Crippen LogP contribution in [0.1, 0.15) is 56.4 Å². The van der Waals surface area contributed by atoms with Crippen molar-refractivity contribution in [1.29, 1.82) is 0 Å². The maximum absolute atomic E-state index is 13.3. The van der Waals surface area contributed by atoms with Crippen molar-refractivity contribution < 1.29 is 23.4 Å². The molecule has 2 saturated carbocycles. The molecule has 1 aromatic heterocycles. The minimum absolute atomic E-state index is 0.0527. The monoisotopic (exact) mass is 410 g/mol. The zero-order valence-corrected chi connectivity index (χ0v) is 16.8. The number of aliphatic hydroxyl groups is 1. The number of carbonyl (C=O) groups is 1. The van der Waals surface area contributed by atoms with Gasteiger partial charge in [-0.05, 0) is 44.9 Å². The molecule has 1 unspecified atom stereocenters. The molecule has 7 nitrogen and oxygen atoms in total. The van der Waals surface area contributed by atoms with Crippen LogP contribution in [0.3, 0.4) is 0 Å². The van der Waals surface area contributed by atoms with Gasteiger partial charge in [-0.1, -0.05) is 12.8 Å². The Hall–Kier alpha value is -2.03. The van der Waals surface area contributed by atoms with Crippen LogP contribution in [0.4, 0.5) is 14.6 Å². The Morgan fingerprint density at radius 1 is 1.34 bits per heavy atom. The van der Waals surface area contributed by atoms with E-state index in [1.807, 2.05) is 0 Å². The topological polar surface area (TPSA) is 87.6 Å². The van der Waals surface area contributed by atoms with E-state index in [9.17, 15) is 18.7 Å². The molecule has 9 heteroatoms. The van der Waals surface area contributed by atoms with E-state index in [1.54, 1.807) is 13.8 Å². The van der Waals surface area contributed by atoms with Gasteiger partial charge < -0.3 is 20.1 Å². The first-order valence-corrected chi connectivity index (χ1v) is 10.3. The molecule has 2 heterocycles. The van der Waals surface area contributed by atoms with Gasteiger partial charge in [0.15, 0.2) is 11.5 Å². The standard InChI is InChI=1S/C20H28F2N4O3/c1-19(2,28)15(7-12-3-4-12)25-17(27)14-8-23-16(26-10-20(21,22)11-26)18(24-14)29-9-13-5-6-13/h8,12-13,15,28H,3-7,9-11H2,1-2H3,(H,25,27). The highest BCUT2D eigenvalue weighted by Crippen LogP contribution is 2.37. The van der Waals surface area contributed by atoms with E-state index in [1.165, 1.54) is 11.1 Å². The molecule has 3 aliphatic rings. The molecule has 4 rings (SSSR count). The Balaban J connectivity index is 1.49. The highest BCUT2D eigenvalue weighted by Gasteiger charge is 2.46. The Morgan fingerprint density at radius 3 is 2.55 bits per heavy atom. The summed E-state index contributed by atoms with van der Waals surface area (Å²) in [6.45, 7) is 2.90. The van der Waals surface area contributed by atoms with E-state index in [2.05, 4.69) is 15.3 Å². The minimum Gasteiger partial charge on any atom is -0.475 e. The maximum atomic E-state index is 13.3. The molecule has 0 bridgehead atoms. The minimum atomic E-state index is -2.74. The summed E-state index contributed by atoms with van der Waals surface area (Å²) in [5.41, 5.74) is -1.02. The van der Waals surface area contributed by atoms with Gasteiger partial charge in [-0.15, -0.1) is 0 Å². The van der Waals surface area contributed by atoms with E-state index in [-0.39, 0.29) is 17.4 Å². The first kappa shape index (κ1) is 20.3. The fraction of sp³-hybridized carbons (Fsp3) is 0.750. The fourth-order valence-corrected chi connectivity index (χ4v) is 3.38. The van der Waals surface area contributed by atoms with E-state index in [0.29, 0.717) is 24.9 Å². The molecule has 1 atom stereocenters. The Labute approximate surface area is 168 Å². The van der Waals surface area contributed by atoms with Gasteiger partial charge in [0.1, 0.15) is 0 Å². The number of rotatable bonds is 9. The number of carbonyl (C=O) groups excluding carboxylic acids is 1. The van der Waals surface area contributed by atoms with Crippen molar-refractivity contribution in [3.8, 4) is 5.88 Å². The molecule has 1 amide bonds. The Morgan fingerprint density at radius 2 is 2.00 bits per heavy atom. The number of hydrogen-bond donors (Lipinski definition) is 2. The molecule has 2 aliphatic carbocycles. The molecule has 0 spiro atoms. The van der Waals surface area contributed by atoms with Crippen molar-refractivity contribution in [2.75, 3.05) is 24.6 Å². The van der Waals surface area contributed by atoms with E-state index in [0.717, 1.165) is 25.7 Å². The number of aromatic nitrogens is 2. The second-order valence-corrected chi connectivity index (χ2v) is 9.21. The maximum Gasteiger partial charge on any atom is 0.282 e. The summed E-state index contributed by atoms with van der Waals surface area (Å²) in [6.07, 6.45) is 6.34. The lowest BCUT2D eigenvalue weighted by Crippen LogP contribution is -2.56. The van der Waals surface area contributed by atoms with Crippen LogP contribution in [0.2, 0.25) is 0 Å². The Bertz CT molecular complexity index is 767. The third kappa shape index (κ3) is 5.12. The second-order valence-electron chi connectivity index (χ2n) is 9.21. The number of halogens is 2. The molecular weight excluding hydrogens is 382 g/mol. The Kier molecular flexibility index (Phi) is 5.13. The summed E-state index contributed by atoms with van der Waals surface area (Å²) < 4.78 is 32.3. The van der Waals surface area contributed by atoms with Gasteiger partial charge in [0, 0.05) is 0 Å². The van der Waals surface area contributed by atoms with Crippen molar-refractivity contribution in [2.45, 2.75) is 63.5 Å². The number of hydrogen-bond acceptors (Lipinski definition) is 6. The van der Waals surface area contributed by atoms with Crippen LogP contribution in [-0.2, 0) is 0 Å². The third-order valence-corrected chi connectivity index (χ3v) is 5.68. The molecule has 160 valence electrons. The number of nitrogens with zero attached hydrogens (tertiary/aromatic N) is 3. The summed E-state index contributed by atoms with van der Waals surface area (Å²) in [6, 6.07) is -0.408. The summed E-state index contributed by atoms with van der Waals surface area (Å²) in [4.78, 5) is 22.7. The lowest BCUT2D eigenvalue weighted by Gasteiger charge is -2.39. The predicted molar refractivity (Wildman–Crippen MR) is 102 cm³/mol. The van der Waals surface area contributed by atoms with Crippen LogP contribution < -0.4 is 15.0 Å². The smallest absolute Gasteiger partial charge is 0.282 e. The summed E-state index contributed by atoms with van der Waals surface area (Å²) >= 11 is 0. The van der Waals surface area contributed by atoms with Crippen molar-refractivity contribution in [2.24, 2.45) is 11.8 Å². The SMILES string of the molecule is CC(C)(O)C(CC1CC1)NC(=O)c1cnc(N2CC(F)(F)C2)c(OCC2CC2)n1. The number of nitrogens with one attached hydrogen (secondary N) is 1. The number of anilines is 1. The van der Waals surface area contributed by atoms with Crippen LogP contribution in [0.5, 0.6) is 5.88 Å². The molecule has 3 fully saturated rings. The first-order valence-electron chi connectivity index (χ1n) is 10.3. The van der Waals surface area contributed by atoms with E-state index < -0.39 is 36.6 Å². The molecule has 1 aliphatic heterocycles. The average Bonchev–Trinajstić information content (AvgIpc) is 3.50. The predicted octanol–water partition coefficient (Wildman–Crippen LogP) is 2.39. The van der Waals surface area contributed by atoms with Gasteiger partial charge in [-0.25, -0.2) is 18.7 Å². The largest absolute Gasteiger partial charge is 0.475 e. The van der Waals surface area contributed by atoms with Gasteiger partial charge in [0.25, 0.3) is 17.7 Å². The van der Waals surface area contributed by atoms with Crippen LogP contribution >= 0.6 is 0 Å². The molecular formula is C20H28F2N4O3. The van der Waals surface area contributed by atoms with Crippen molar-refractivity contribution in [3.05, 3.63) is 11.9 Å². The lowest BCUT2D eigenvalue weighted by molar-refractivity contribution is -0.0270. The number of amides is 1. The molecule has 29 heavy (non-hydrogen) atoms. The third-order valence-electron chi connectivity index (χ3n) is 5.68. The average molecular weight is 410 g/mol. The second kappa shape index (κ2) is 7.34. The zero-order valence-electron chi connectivity index (χ0n) is 16.8. The zero-order chi connectivity index (χ0) is 20.8. The highest BCUT2D eigenvalue weighted by atomic mass is 19.3. The van der Waals surface area contributed by atoms with Gasteiger partial charge in [0.2, 0.25) is 0 Å². The highest BCUT2D eigenvalue weighted by molar-refractivity contribution is 5.92. The van der Waals surface area contributed by atoms with Gasteiger partial charge in [-0.3, -0.25) is 4.79 Å². The molecule has 1 aromatic rings. The molecule has 1 saturated heterocycles. The normalized spacial score (nSPS) is 22.0. The summed E-state index contributed by atoms with van der Waals surface area (Å²) in [5.74, 6) is -1.88. The van der Waals surface area contributed by atoms with Crippen LogP contribution in [0, 0.1) is 11.8 Å². The molecule has 2 N–H and O–H groups in total. The number of alkyl halides is 2. The summed E-state index contributed by atoms with van der Waals surface area (Å²) in [5, 5.41) is 13.3. The molecule has 0 aromatic carbocycles. The van der Waals surface area contributed by atoms with E-state index >= 15 is 0 Å². The molecule has 0 radical (unpaired) electrons. The van der Waals surface area contributed by atoms with Crippen molar-refractivity contribution >= 4 is 11.7 Å². The van der Waals surface area contributed by atoms with Crippen LogP contribution in [0.15, 0.2) is 6.20 Å². The number of ether oxygens (including phenoxy) is 1. The van der Waals surface area contributed by atoms with Gasteiger partial charge in [0.05, 0.1) is 37.5 Å².